The lowest BCUT2D eigenvalue weighted by molar-refractivity contribution is 0.00578. The first-order valence-electron chi connectivity index (χ1n) is 9.60. The maximum absolute atomic E-state index is 12.1. The largest absolute Gasteiger partial charge is 0.502 e. The van der Waals surface area contributed by atoms with Crippen LogP contribution in [-0.2, 0) is 21.1 Å². The molecule has 1 fully saturated rings. The first kappa shape index (κ1) is 22.6. The van der Waals surface area contributed by atoms with Gasteiger partial charge in [0, 0.05) is 14.1 Å². The molecule has 2 rings (SSSR count). The van der Waals surface area contributed by atoms with Crippen LogP contribution in [0.2, 0.25) is 0 Å². The number of nitrogens with zero attached hydrogens (tertiary/aromatic N) is 3. The van der Waals surface area contributed by atoms with Crippen LogP contribution in [0.3, 0.4) is 0 Å². The molecule has 0 bridgehead atoms. The monoisotopic (exact) mass is 395 g/mol. The second kappa shape index (κ2) is 7.59. The topological polar surface area (TPSA) is 75.1 Å². The van der Waals surface area contributed by atoms with Crippen LogP contribution in [-0.4, -0.2) is 64.9 Å². The molecule has 158 valence electrons. The van der Waals surface area contributed by atoms with E-state index in [1.807, 2.05) is 62.4 Å². The van der Waals surface area contributed by atoms with Crippen LogP contribution in [0.1, 0.15) is 54.2 Å². The fourth-order valence-electron chi connectivity index (χ4n) is 2.77. The van der Waals surface area contributed by atoms with Crippen molar-refractivity contribution in [2.24, 2.45) is 7.05 Å². The van der Waals surface area contributed by atoms with Crippen molar-refractivity contribution in [2.75, 3.05) is 20.2 Å². The van der Waals surface area contributed by atoms with Gasteiger partial charge in [0.25, 0.3) is 0 Å². The first-order chi connectivity index (χ1) is 12.6. The van der Waals surface area contributed by atoms with Crippen molar-refractivity contribution in [1.82, 2.24) is 14.7 Å². The van der Waals surface area contributed by atoms with Gasteiger partial charge in [0.15, 0.2) is 0 Å². The Labute approximate surface area is 168 Å². The summed E-state index contributed by atoms with van der Waals surface area (Å²) in [6.07, 6.45) is -0.386. The maximum atomic E-state index is 12.1. The average Bonchev–Trinajstić information content (AvgIpc) is 2.89. The molecule has 0 radical (unpaired) electrons. The third-order valence-corrected chi connectivity index (χ3v) is 5.07. The molecule has 0 unspecified atom stereocenters. The molecule has 0 N–H and O–H groups in total. The Morgan fingerprint density at radius 1 is 1.21 bits per heavy atom. The van der Waals surface area contributed by atoms with E-state index >= 15 is 0 Å². The lowest BCUT2D eigenvalue weighted by atomic mass is 9.79. The predicted molar refractivity (Wildman–Crippen MR) is 108 cm³/mol. The number of hydrogen-bond donors (Lipinski definition) is 0. The number of carbonyl (C=O) groups is 1. The molecule has 0 saturated carbocycles. The molecule has 1 amide bonds. The highest BCUT2D eigenvalue weighted by Gasteiger charge is 2.53. The van der Waals surface area contributed by atoms with Crippen LogP contribution in [0.15, 0.2) is 0 Å². The molecule has 1 saturated heterocycles. The summed E-state index contributed by atoms with van der Waals surface area (Å²) in [5.41, 5.74) is 0.134. The van der Waals surface area contributed by atoms with E-state index in [4.69, 9.17) is 18.8 Å². The van der Waals surface area contributed by atoms with Crippen molar-refractivity contribution in [3.05, 3.63) is 5.69 Å². The Hall–Kier alpha value is -1.74. The van der Waals surface area contributed by atoms with Crippen LogP contribution in [0, 0.1) is 6.92 Å². The molecule has 28 heavy (non-hydrogen) atoms. The summed E-state index contributed by atoms with van der Waals surface area (Å²) in [7, 11) is 2.94. The number of hydrogen-bond acceptors (Lipinski definition) is 6. The Morgan fingerprint density at radius 3 is 2.25 bits per heavy atom. The molecule has 2 heterocycles. The third kappa shape index (κ3) is 4.81. The number of likely N-dealkylation sites (N-methyl/N-ethyl adjacent to an activating group) is 1. The molecule has 1 aromatic rings. The Morgan fingerprint density at radius 2 is 1.75 bits per heavy atom. The van der Waals surface area contributed by atoms with E-state index in [9.17, 15) is 4.79 Å². The van der Waals surface area contributed by atoms with E-state index in [2.05, 4.69) is 5.10 Å². The number of amides is 1. The van der Waals surface area contributed by atoms with Crippen molar-refractivity contribution >= 4 is 18.7 Å². The van der Waals surface area contributed by atoms with Gasteiger partial charge in [0.1, 0.15) is 12.2 Å². The summed E-state index contributed by atoms with van der Waals surface area (Å²) in [4.78, 5) is 13.6. The van der Waals surface area contributed by atoms with Crippen molar-refractivity contribution in [3.8, 4) is 5.88 Å². The van der Waals surface area contributed by atoms with Gasteiger partial charge in [-0.3, -0.25) is 0 Å². The zero-order valence-electron chi connectivity index (χ0n) is 18.9. The molecule has 1 aliphatic heterocycles. The fourth-order valence-corrected chi connectivity index (χ4v) is 2.77. The molecular weight excluding hydrogens is 361 g/mol. The smallest absolute Gasteiger partial charge is 0.476 e. The zero-order chi connectivity index (χ0) is 21.5. The molecule has 0 spiro atoms. The van der Waals surface area contributed by atoms with E-state index in [-0.39, 0.29) is 6.09 Å². The highest BCUT2D eigenvalue weighted by Crippen LogP contribution is 2.37. The first-order valence-corrected chi connectivity index (χ1v) is 9.60. The minimum atomic E-state index is -0.558. The van der Waals surface area contributed by atoms with Crippen molar-refractivity contribution in [1.29, 1.82) is 0 Å². The van der Waals surface area contributed by atoms with Gasteiger partial charge in [-0.05, 0) is 55.4 Å². The SMILES string of the molecule is Cc1nn(C)c(OCCN(C)C(=O)OC(C)(C)C)c1B1OC(C)(C)C(C)(C)O1. The van der Waals surface area contributed by atoms with Gasteiger partial charge in [-0.2, -0.15) is 5.10 Å². The fraction of sp³-hybridized carbons (Fsp3) is 0.789. The van der Waals surface area contributed by atoms with Crippen LogP contribution in [0.4, 0.5) is 4.79 Å². The van der Waals surface area contributed by atoms with Crippen molar-refractivity contribution in [3.63, 3.8) is 0 Å². The van der Waals surface area contributed by atoms with Gasteiger partial charge in [0.2, 0.25) is 5.88 Å². The van der Waals surface area contributed by atoms with Gasteiger partial charge in [-0.15, -0.1) is 0 Å². The molecular formula is C19H34BN3O5. The zero-order valence-corrected chi connectivity index (χ0v) is 18.9. The molecule has 9 heteroatoms. The number of ether oxygens (including phenoxy) is 2. The average molecular weight is 395 g/mol. The van der Waals surface area contributed by atoms with E-state index in [1.165, 1.54) is 4.90 Å². The molecule has 8 nitrogen and oxygen atoms in total. The van der Waals surface area contributed by atoms with Crippen molar-refractivity contribution in [2.45, 2.75) is 72.2 Å². The normalized spacial score (nSPS) is 18.3. The van der Waals surface area contributed by atoms with Crippen LogP contribution < -0.4 is 10.2 Å². The molecule has 0 atom stereocenters. The van der Waals surface area contributed by atoms with Gasteiger partial charge >= 0.3 is 13.2 Å². The number of rotatable bonds is 5. The van der Waals surface area contributed by atoms with E-state index < -0.39 is 23.9 Å². The highest BCUT2D eigenvalue weighted by molar-refractivity contribution is 6.63. The molecule has 0 aliphatic carbocycles. The third-order valence-electron chi connectivity index (χ3n) is 5.07. The second-order valence-electron chi connectivity index (χ2n) is 9.27. The second-order valence-corrected chi connectivity index (χ2v) is 9.27. The summed E-state index contributed by atoms with van der Waals surface area (Å²) < 4.78 is 25.3. The van der Waals surface area contributed by atoms with Gasteiger partial charge in [-0.1, -0.05) is 0 Å². The lowest BCUT2D eigenvalue weighted by Crippen LogP contribution is -2.41. The number of carbonyl (C=O) groups excluding carboxylic acids is 1. The van der Waals surface area contributed by atoms with Crippen LogP contribution in [0.25, 0.3) is 0 Å². The van der Waals surface area contributed by atoms with Crippen molar-refractivity contribution < 1.29 is 23.6 Å². The minimum absolute atomic E-state index is 0.293. The number of aromatic nitrogens is 2. The molecule has 1 aromatic heterocycles. The summed E-state index contributed by atoms with van der Waals surface area (Å²) in [5.74, 6) is 0.577. The summed E-state index contributed by atoms with van der Waals surface area (Å²) in [6, 6.07) is 0. The van der Waals surface area contributed by atoms with Gasteiger partial charge < -0.3 is 23.7 Å². The molecule has 0 aromatic carbocycles. The van der Waals surface area contributed by atoms with Gasteiger partial charge in [-0.25, -0.2) is 9.48 Å². The van der Waals surface area contributed by atoms with E-state index in [0.29, 0.717) is 19.0 Å². The van der Waals surface area contributed by atoms with Crippen LogP contribution >= 0.6 is 0 Å². The summed E-state index contributed by atoms with van der Waals surface area (Å²) in [5, 5.41) is 4.46. The molecule has 1 aliphatic rings. The van der Waals surface area contributed by atoms with Gasteiger partial charge in [0.05, 0.1) is 28.9 Å². The van der Waals surface area contributed by atoms with E-state index in [0.717, 1.165) is 11.2 Å². The summed E-state index contributed by atoms with van der Waals surface area (Å²) in [6.45, 7) is 16.1. The quantitative estimate of drug-likeness (QED) is 0.713. The Bertz CT molecular complexity index is 708. The predicted octanol–water partition coefficient (Wildman–Crippen LogP) is 2.27. The standard InChI is InChI=1S/C19H34BN3O5/c1-13-14(20-27-18(5,6)19(7,8)28-20)15(23(10)21-13)25-12-11-22(9)16(24)26-17(2,3)4/h11-12H2,1-10H3. The Kier molecular flexibility index (Phi) is 6.12. The van der Waals surface area contributed by atoms with E-state index in [1.54, 1.807) is 11.7 Å². The minimum Gasteiger partial charge on any atom is -0.476 e. The maximum Gasteiger partial charge on any atom is 0.502 e. The highest BCUT2D eigenvalue weighted by atomic mass is 16.7. The van der Waals surface area contributed by atoms with Crippen LogP contribution in [0.5, 0.6) is 5.88 Å². The Balaban J connectivity index is 2.07. The number of aryl methyl sites for hydroxylation is 2. The summed E-state index contributed by atoms with van der Waals surface area (Å²) >= 11 is 0. The lowest BCUT2D eigenvalue weighted by Gasteiger charge is -2.32.